The van der Waals surface area contributed by atoms with Crippen LogP contribution in [0.25, 0.3) is 22.2 Å². The number of hydrogen-bond donors (Lipinski definition) is 3. The van der Waals surface area contributed by atoms with E-state index in [0.29, 0.717) is 47.4 Å². The maximum Gasteiger partial charge on any atom is 0.408 e. The second-order valence-corrected chi connectivity index (χ2v) is 16.4. The predicted octanol–water partition coefficient (Wildman–Crippen LogP) is 2.77. The molecule has 3 aliphatic rings. The first-order valence-corrected chi connectivity index (χ1v) is 20.0. The number of methoxy groups -OCH3 is 1. The summed E-state index contributed by atoms with van der Waals surface area (Å²) in [6.07, 6.45) is 7.85. The van der Waals surface area contributed by atoms with E-state index in [1.165, 1.54) is 16.8 Å². The fourth-order valence-corrected chi connectivity index (χ4v) is 8.45. The van der Waals surface area contributed by atoms with E-state index < -0.39 is 62.8 Å². The highest BCUT2D eigenvalue weighted by molar-refractivity contribution is 7.90. The number of amides is 4. The molecule has 3 N–H and O–H groups in total. The molecule has 2 aromatic carbocycles. The summed E-state index contributed by atoms with van der Waals surface area (Å²) in [5, 5.41) is 5.74. The molecular weight excluding hydrogens is 753 g/mol. The van der Waals surface area contributed by atoms with Gasteiger partial charge in [0.15, 0.2) is 6.61 Å². The average Bonchev–Trinajstić information content (AvgIpc) is 4.15. The molecule has 0 radical (unpaired) electrons. The summed E-state index contributed by atoms with van der Waals surface area (Å²) >= 11 is 0. The van der Waals surface area contributed by atoms with Gasteiger partial charge in [-0.3, -0.25) is 14.4 Å². The first-order chi connectivity index (χ1) is 27.3. The van der Waals surface area contributed by atoms with Crippen LogP contribution in [0.1, 0.15) is 25.7 Å². The fourth-order valence-electron chi connectivity index (χ4n) is 7.00. The molecular formula is C41H46N6O9S. The van der Waals surface area contributed by atoms with Crippen LogP contribution in [-0.4, -0.2) is 116 Å². The number of carbonyl (C=O) groups is 4. The number of aromatic nitrogens is 1. The highest BCUT2D eigenvalue weighted by atomic mass is 32.2. The number of fused-ring (bicyclic) bond motifs is 1. The number of pyridine rings is 1. The minimum Gasteiger partial charge on any atom is -0.497 e. The van der Waals surface area contributed by atoms with Crippen LogP contribution < -0.4 is 24.8 Å². The number of carbonyl (C=O) groups excluding carboxylic acids is 4. The Kier molecular flexibility index (Phi) is 12.2. The Morgan fingerprint density at radius 2 is 1.89 bits per heavy atom. The topological polar surface area (TPSA) is 186 Å². The van der Waals surface area contributed by atoms with Crippen LogP contribution >= 0.6 is 0 Å². The van der Waals surface area contributed by atoms with Crippen molar-refractivity contribution in [2.75, 3.05) is 40.4 Å². The van der Waals surface area contributed by atoms with Crippen LogP contribution in [0.3, 0.4) is 0 Å². The van der Waals surface area contributed by atoms with Crippen molar-refractivity contribution in [2.45, 2.75) is 54.7 Å². The quantitative estimate of drug-likeness (QED) is 0.104. The van der Waals surface area contributed by atoms with Gasteiger partial charge in [0.2, 0.25) is 27.7 Å². The van der Waals surface area contributed by atoms with Gasteiger partial charge >= 0.3 is 6.09 Å². The lowest BCUT2D eigenvalue weighted by atomic mass is 10.1. The molecule has 0 bridgehead atoms. The SMILES string of the molecule is C#CCOC(=O)N[C@@H](CN(C)C(=O)C=C)C(=O)N1C[C@H](Oc2cc(-c3ccccc3)nc3cc(OC)ccc23)C[C@H]1C(=O)N[C@]1(CNS(=O)(=O)C2CC2)C[C@H]1C=C. The molecule has 4 amide bonds. The zero-order valence-corrected chi connectivity index (χ0v) is 32.6. The highest BCUT2D eigenvalue weighted by Gasteiger charge is 2.56. The molecule has 2 saturated carbocycles. The van der Waals surface area contributed by atoms with E-state index in [0.717, 1.165) is 11.6 Å². The predicted molar refractivity (Wildman–Crippen MR) is 212 cm³/mol. The molecule has 16 heteroatoms. The molecule has 3 aromatic rings. The molecule has 6 rings (SSSR count). The van der Waals surface area contributed by atoms with Gasteiger partial charge < -0.3 is 34.6 Å². The molecule has 1 aliphatic heterocycles. The van der Waals surface area contributed by atoms with E-state index in [4.69, 9.17) is 25.6 Å². The summed E-state index contributed by atoms with van der Waals surface area (Å²) in [5.41, 5.74) is 1.08. The van der Waals surface area contributed by atoms with Gasteiger partial charge in [-0.25, -0.2) is 22.9 Å². The van der Waals surface area contributed by atoms with Crippen molar-refractivity contribution in [2.24, 2.45) is 5.92 Å². The number of rotatable bonds is 17. The number of nitrogens with zero attached hydrogens (tertiary/aromatic N) is 3. The molecule has 300 valence electrons. The second-order valence-electron chi connectivity index (χ2n) is 14.4. The molecule has 3 fully saturated rings. The smallest absolute Gasteiger partial charge is 0.408 e. The zero-order valence-electron chi connectivity index (χ0n) is 31.8. The summed E-state index contributed by atoms with van der Waals surface area (Å²) in [6, 6.07) is 14.2. The Morgan fingerprint density at radius 3 is 2.54 bits per heavy atom. The number of likely N-dealkylation sites (tertiary alicyclic amines) is 1. The Morgan fingerprint density at radius 1 is 1.14 bits per heavy atom. The van der Waals surface area contributed by atoms with E-state index in [-0.39, 0.29) is 38.6 Å². The number of alkyl carbamates (subject to hydrolysis) is 1. The van der Waals surface area contributed by atoms with Gasteiger partial charge in [0.1, 0.15) is 29.7 Å². The van der Waals surface area contributed by atoms with E-state index in [1.807, 2.05) is 36.4 Å². The lowest BCUT2D eigenvalue weighted by molar-refractivity contribution is -0.141. The molecule has 0 spiro atoms. The van der Waals surface area contributed by atoms with Gasteiger partial charge in [-0.15, -0.1) is 13.0 Å². The molecule has 1 aromatic heterocycles. The van der Waals surface area contributed by atoms with E-state index in [1.54, 1.807) is 31.4 Å². The summed E-state index contributed by atoms with van der Waals surface area (Å²) < 4.78 is 45.3. The summed E-state index contributed by atoms with van der Waals surface area (Å²) in [5.74, 6) is 1.23. The number of likely N-dealkylation sites (N-methyl/N-ethyl adjacent to an activating group) is 1. The number of nitrogens with one attached hydrogen (secondary N) is 3. The third-order valence-electron chi connectivity index (χ3n) is 10.4. The zero-order chi connectivity index (χ0) is 40.9. The Bertz CT molecular complexity index is 2210. The van der Waals surface area contributed by atoms with E-state index in [2.05, 4.69) is 34.4 Å². The van der Waals surface area contributed by atoms with E-state index >= 15 is 0 Å². The number of ether oxygens (including phenoxy) is 3. The van der Waals surface area contributed by atoms with Gasteiger partial charge in [0.25, 0.3) is 0 Å². The minimum atomic E-state index is -3.57. The normalized spacial score (nSPS) is 21.7. The lowest BCUT2D eigenvalue weighted by Gasteiger charge is -2.31. The van der Waals surface area contributed by atoms with E-state index in [9.17, 15) is 27.6 Å². The van der Waals surface area contributed by atoms with Crippen LogP contribution in [0.4, 0.5) is 4.79 Å². The van der Waals surface area contributed by atoms with Crippen molar-refractivity contribution in [3.8, 4) is 35.1 Å². The summed E-state index contributed by atoms with van der Waals surface area (Å²) in [7, 11) is -0.578. The van der Waals surface area contributed by atoms with Crippen LogP contribution in [0.2, 0.25) is 0 Å². The van der Waals surface area contributed by atoms with Crippen LogP contribution in [0.5, 0.6) is 11.5 Å². The van der Waals surface area contributed by atoms with Crippen LogP contribution in [0.15, 0.2) is 79.9 Å². The Hall–Kier alpha value is -5.92. The molecule has 1 saturated heterocycles. The Labute approximate surface area is 331 Å². The third-order valence-corrected chi connectivity index (χ3v) is 12.3. The standard InChI is InChI=1S/C41H46N6O9S/c1-6-18-55-40(51)44-34(24-46(4)37(48)8-3)39(50)47-23-29(20-35(47)38(49)45-41(22-27(41)7-2)25-42-57(52,53)30-15-16-30)56-36-21-32(26-12-10-9-11-13-26)43-33-19-28(54-5)14-17-31(33)36/h1,7-14,17,19,21,27,29-30,34-35,42H,2-3,15-16,18,20,22-25H2,4-5H3,(H,44,51)(H,45,49)/t27-,29-,34+,35+,41+/m1/s1. The van der Waals surface area contributed by atoms with Gasteiger partial charge in [-0.1, -0.05) is 48.9 Å². The van der Waals surface area contributed by atoms with Gasteiger partial charge in [0, 0.05) is 49.0 Å². The maximum absolute atomic E-state index is 14.6. The van der Waals surface area contributed by atoms with Crippen molar-refractivity contribution in [3.63, 3.8) is 0 Å². The van der Waals surface area contributed by atoms with Gasteiger partial charge in [-0.05, 0) is 37.5 Å². The molecule has 15 nitrogen and oxygen atoms in total. The molecule has 0 unspecified atom stereocenters. The third kappa shape index (κ3) is 9.38. The van der Waals surface area contributed by atoms with Crippen molar-refractivity contribution in [3.05, 3.63) is 79.9 Å². The number of terminal acetylenes is 1. The molecule has 57 heavy (non-hydrogen) atoms. The van der Waals surface area contributed by atoms with Gasteiger partial charge in [0.05, 0.1) is 42.2 Å². The minimum absolute atomic E-state index is 0.0243. The fraction of sp³-hybridized carbons (Fsp3) is 0.390. The van der Waals surface area contributed by atoms with Crippen molar-refractivity contribution in [1.29, 1.82) is 0 Å². The van der Waals surface area contributed by atoms with Crippen LogP contribution in [-0.2, 0) is 29.1 Å². The summed E-state index contributed by atoms with van der Waals surface area (Å²) in [4.78, 5) is 61.6. The largest absolute Gasteiger partial charge is 0.497 e. The highest BCUT2D eigenvalue weighted by Crippen LogP contribution is 2.45. The first-order valence-electron chi connectivity index (χ1n) is 18.5. The maximum atomic E-state index is 14.6. The number of hydrogen-bond acceptors (Lipinski definition) is 10. The summed E-state index contributed by atoms with van der Waals surface area (Å²) in [6.45, 7) is 6.56. The van der Waals surface area contributed by atoms with Gasteiger partial charge in [-0.2, -0.15) is 0 Å². The average molecular weight is 799 g/mol. The van der Waals surface area contributed by atoms with Crippen molar-refractivity contribution >= 4 is 44.7 Å². The first kappa shape index (κ1) is 40.7. The van der Waals surface area contributed by atoms with Crippen molar-refractivity contribution in [1.82, 2.24) is 30.1 Å². The second kappa shape index (κ2) is 17.1. The van der Waals surface area contributed by atoms with Crippen molar-refractivity contribution < 1.29 is 41.8 Å². The number of sulfonamides is 1. The lowest BCUT2D eigenvalue weighted by Crippen LogP contribution is -2.58. The molecule has 2 aliphatic carbocycles. The number of benzene rings is 2. The Balaban J connectivity index is 1.33. The molecule has 2 heterocycles. The van der Waals surface area contributed by atoms with Crippen LogP contribution in [0, 0.1) is 18.3 Å². The monoisotopic (exact) mass is 798 g/mol. The molecule has 5 atom stereocenters.